The number of carbonyl (C=O) groups is 2. The van der Waals surface area contributed by atoms with E-state index in [-0.39, 0.29) is 23.1 Å². The van der Waals surface area contributed by atoms with Gasteiger partial charge in [0.05, 0.1) is 47.5 Å². The van der Waals surface area contributed by atoms with Crippen LogP contribution in [0.5, 0.6) is 0 Å². The third kappa shape index (κ3) is 5.91. The van der Waals surface area contributed by atoms with E-state index in [1.165, 1.54) is 34.2 Å². The van der Waals surface area contributed by atoms with E-state index >= 15 is 0 Å². The summed E-state index contributed by atoms with van der Waals surface area (Å²) in [5.41, 5.74) is 26.7. The first-order chi connectivity index (χ1) is 21.9. The number of fused-ring (bicyclic) bond motifs is 4. The summed E-state index contributed by atoms with van der Waals surface area (Å²) in [5, 5.41) is 15.4. The number of carbonyl (C=O) groups excluding carboxylic acids is 2. The number of amides is 2. The molecule has 0 spiro atoms. The highest BCUT2D eigenvalue weighted by atomic mass is 35.5. The summed E-state index contributed by atoms with van der Waals surface area (Å²) >= 11 is 6.33. The topological polar surface area (TPSA) is 234 Å². The van der Waals surface area contributed by atoms with Gasteiger partial charge >= 0.3 is 0 Å². The molecule has 6 rings (SSSR count). The van der Waals surface area contributed by atoms with Crippen LogP contribution in [-0.4, -0.2) is 46.1 Å². The number of anilines is 1. The number of benzene rings is 2. The molecule has 46 heavy (non-hydrogen) atoms. The molecule has 9 N–H and O–H groups in total. The Balaban J connectivity index is 1.45. The molecule has 0 aliphatic carbocycles. The van der Waals surface area contributed by atoms with Crippen molar-refractivity contribution in [2.45, 2.75) is 38.1 Å². The molecule has 0 saturated heterocycles. The van der Waals surface area contributed by atoms with Gasteiger partial charge in [-0.15, -0.1) is 5.10 Å². The molecule has 1 aliphatic rings. The summed E-state index contributed by atoms with van der Waals surface area (Å²) in [6, 6.07) is 13.4. The fraction of sp³-hybridized carbons (Fsp3) is 0.233. The van der Waals surface area contributed by atoms with Crippen LogP contribution in [0.25, 0.3) is 28.2 Å². The Morgan fingerprint density at radius 2 is 1.89 bits per heavy atom. The minimum atomic E-state index is -1.85. The summed E-state index contributed by atoms with van der Waals surface area (Å²) in [6.45, 7) is 1.84. The molecule has 16 heteroatoms. The van der Waals surface area contributed by atoms with Gasteiger partial charge in [-0.3, -0.25) is 36.2 Å². The Kier molecular flexibility index (Phi) is 7.99. The second-order valence-corrected chi connectivity index (χ2v) is 11.7. The molecular formula is C30H31ClN12O3. The minimum Gasteiger partial charge on any atom is -0.364 e. The number of halogens is 1. The van der Waals surface area contributed by atoms with Crippen molar-refractivity contribution in [3.8, 4) is 28.2 Å². The van der Waals surface area contributed by atoms with Crippen molar-refractivity contribution in [1.82, 2.24) is 34.3 Å². The van der Waals surface area contributed by atoms with Crippen LogP contribution >= 0.6 is 11.6 Å². The van der Waals surface area contributed by atoms with Crippen LogP contribution in [0.4, 0.5) is 5.69 Å². The lowest BCUT2D eigenvalue weighted by Crippen LogP contribution is -2.60. The number of hydrogen-bond donors (Lipinski definition) is 5. The van der Waals surface area contributed by atoms with Crippen molar-refractivity contribution >= 4 is 29.1 Å². The zero-order valence-corrected chi connectivity index (χ0v) is 25.4. The van der Waals surface area contributed by atoms with Crippen molar-refractivity contribution < 1.29 is 9.59 Å². The van der Waals surface area contributed by atoms with E-state index in [0.717, 1.165) is 5.56 Å². The zero-order chi connectivity index (χ0) is 32.7. The molecule has 15 nitrogen and oxygen atoms in total. The van der Waals surface area contributed by atoms with E-state index in [4.69, 9.17) is 34.5 Å². The van der Waals surface area contributed by atoms with Crippen molar-refractivity contribution in [2.24, 2.45) is 28.9 Å². The number of nitrogens with one attached hydrogen (secondary N) is 1. The summed E-state index contributed by atoms with van der Waals surface area (Å²) in [5.74, 6) is -3.10. The first kappa shape index (κ1) is 30.8. The van der Waals surface area contributed by atoms with Gasteiger partial charge in [0.1, 0.15) is 0 Å². The number of nitrogens with two attached hydrogens (primary N) is 4. The first-order valence-electron chi connectivity index (χ1n) is 14.4. The van der Waals surface area contributed by atoms with Crippen molar-refractivity contribution in [2.75, 3.05) is 5.32 Å². The SMILES string of the molecule is CC1CCCC(n2cnc(-c3cc(Cl)ccc3-n3cc(C(N)=O)nn3)cc2=O)c2cccc(c2)-c2c(cnn2C(N)(N)N)NC1=O. The zero-order valence-electron chi connectivity index (χ0n) is 24.7. The fourth-order valence-electron chi connectivity index (χ4n) is 5.57. The Morgan fingerprint density at radius 3 is 2.61 bits per heavy atom. The Hall–Kier alpha value is -5.22. The van der Waals surface area contributed by atoms with Gasteiger partial charge in [0, 0.05) is 28.1 Å². The van der Waals surface area contributed by atoms with E-state index in [1.54, 1.807) is 22.8 Å². The normalized spacial score (nSPS) is 17.0. The van der Waals surface area contributed by atoms with E-state index in [0.29, 0.717) is 58.2 Å². The van der Waals surface area contributed by atoms with Crippen LogP contribution in [0.2, 0.25) is 5.02 Å². The molecular weight excluding hydrogens is 612 g/mol. The number of primary amides is 1. The highest BCUT2D eigenvalue weighted by Crippen LogP contribution is 2.35. The second-order valence-electron chi connectivity index (χ2n) is 11.3. The molecule has 2 aromatic carbocycles. The third-order valence-electron chi connectivity index (χ3n) is 7.90. The van der Waals surface area contributed by atoms with Crippen LogP contribution in [0, 0.1) is 5.92 Å². The molecule has 0 saturated carbocycles. The number of nitrogens with zero attached hydrogens (tertiary/aromatic N) is 7. The average Bonchev–Trinajstić information content (AvgIpc) is 3.67. The quantitative estimate of drug-likeness (QED) is 0.175. The van der Waals surface area contributed by atoms with Gasteiger partial charge in [-0.05, 0) is 42.7 Å². The molecule has 4 heterocycles. The number of hydrogen-bond acceptors (Lipinski definition) is 10. The maximum absolute atomic E-state index is 13.8. The lowest BCUT2D eigenvalue weighted by atomic mass is 9.94. The molecule has 2 amide bonds. The van der Waals surface area contributed by atoms with Gasteiger partial charge < -0.3 is 11.1 Å². The van der Waals surface area contributed by atoms with Crippen LogP contribution in [0.3, 0.4) is 0 Å². The van der Waals surface area contributed by atoms with E-state index < -0.39 is 17.9 Å². The highest BCUT2D eigenvalue weighted by Gasteiger charge is 2.28. The fourth-order valence-corrected chi connectivity index (χ4v) is 5.75. The molecule has 0 fully saturated rings. The van der Waals surface area contributed by atoms with Crippen molar-refractivity contribution in [1.29, 1.82) is 0 Å². The van der Waals surface area contributed by atoms with Gasteiger partial charge in [-0.1, -0.05) is 48.4 Å². The van der Waals surface area contributed by atoms with Crippen LogP contribution in [0.1, 0.15) is 48.3 Å². The summed E-state index contributed by atoms with van der Waals surface area (Å²) in [6.07, 6.45) is 6.09. The summed E-state index contributed by atoms with van der Waals surface area (Å²) in [4.78, 5) is 43.2. The lowest BCUT2D eigenvalue weighted by molar-refractivity contribution is -0.119. The maximum atomic E-state index is 13.8. The van der Waals surface area contributed by atoms with Gasteiger partial charge in [0.25, 0.3) is 11.5 Å². The number of rotatable bonds is 5. The smallest absolute Gasteiger partial charge is 0.270 e. The molecule has 5 aromatic rings. The van der Waals surface area contributed by atoms with Crippen molar-refractivity contribution in [3.05, 3.63) is 93.9 Å². The van der Waals surface area contributed by atoms with Gasteiger partial charge in [0.15, 0.2) is 5.69 Å². The highest BCUT2D eigenvalue weighted by molar-refractivity contribution is 6.31. The largest absolute Gasteiger partial charge is 0.364 e. The average molecular weight is 643 g/mol. The van der Waals surface area contributed by atoms with E-state index in [2.05, 4.69) is 25.7 Å². The molecule has 2 bridgehead atoms. The predicted molar refractivity (Wildman–Crippen MR) is 170 cm³/mol. The van der Waals surface area contributed by atoms with Crippen LogP contribution in [-0.2, 0) is 10.7 Å². The minimum absolute atomic E-state index is 0.0222. The standard InChI is InChI=1S/C30H31ClN12O3/c1-16-4-2-7-24(17-5-3-6-18(10-17)27-22(38-29(16)46)13-37-43(27)30(33,34)35)41-15-36-21(12-26(41)44)20-11-19(31)8-9-25(20)42-14-23(28(32)45)39-40-42/h3,5-6,8-16,24H,2,4,7,33-35H2,1H3,(H2,32,45)(H,38,46). The Morgan fingerprint density at radius 1 is 1.09 bits per heavy atom. The molecule has 236 valence electrons. The Bertz CT molecular complexity index is 2030. The van der Waals surface area contributed by atoms with Crippen LogP contribution < -0.4 is 33.8 Å². The first-order valence-corrected chi connectivity index (χ1v) is 14.8. The monoisotopic (exact) mass is 642 g/mol. The molecule has 1 aliphatic heterocycles. The molecule has 3 aromatic heterocycles. The maximum Gasteiger partial charge on any atom is 0.270 e. The lowest BCUT2D eigenvalue weighted by Gasteiger charge is -2.25. The third-order valence-corrected chi connectivity index (χ3v) is 8.14. The summed E-state index contributed by atoms with van der Waals surface area (Å²) in [7, 11) is 0. The van der Waals surface area contributed by atoms with Gasteiger partial charge in [-0.25, -0.2) is 14.3 Å². The van der Waals surface area contributed by atoms with Crippen molar-refractivity contribution in [3.63, 3.8) is 0 Å². The van der Waals surface area contributed by atoms with Gasteiger partial charge in [0.2, 0.25) is 11.8 Å². The molecule has 0 radical (unpaired) electrons. The molecule has 2 atom stereocenters. The van der Waals surface area contributed by atoms with E-state index in [9.17, 15) is 14.4 Å². The Labute approximate surface area is 267 Å². The second kappa shape index (κ2) is 11.9. The summed E-state index contributed by atoms with van der Waals surface area (Å²) < 4.78 is 4.17. The predicted octanol–water partition coefficient (Wildman–Crippen LogP) is 1.90. The van der Waals surface area contributed by atoms with Crippen LogP contribution in [0.15, 0.2) is 72.0 Å². The number of aromatic nitrogens is 7. The van der Waals surface area contributed by atoms with E-state index in [1.807, 2.05) is 31.2 Å². The molecule has 2 unspecified atom stereocenters. The van der Waals surface area contributed by atoms with Gasteiger partial charge in [-0.2, -0.15) is 5.10 Å².